The van der Waals surface area contributed by atoms with E-state index < -0.39 is 66.1 Å². The lowest BCUT2D eigenvalue weighted by Gasteiger charge is -2.46. The quantitative estimate of drug-likeness (QED) is 0.353. The van der Waals surface area contributed by atoms with Crippen LogP contribution in [0.4, 0.5) is 52.7 Å². The van der Waals surface area contributed by atoms with Crippen molar-refractivity contribution in [2.24, 2.45) is 0 Å². The first kappa shape index (κ1) is 29.1. The molecule has 4 atom stereocenters. The highest BCUT2D eigenvalue weighted by molar-refractivity contribution is 5.67. The third-order valence-corrected chi connectivity index (χ3v) is 4.03. The molecule has 0 radical (unpaired) electrons. The van der Waals surface area contributed by atoms with Crippen molar-refractivity contribution in [3.05, 3.63) is 0 Å². The van der Waals surface area contributed by atoms with Gasteiger partial charge >= 0.3 is 36.1 Å². The van der Waals surface area contributed by atoms with Crippen LogP contribution in [-0.2, 0) is 19.1 Å². The van der Waals surface area contributed by atoms with Gasteiger partial charge in [0.15, 0.2) is 11.2 Å². The summed E-state index contributed by atoms with van der Waals surface area (Å²) in [6.07, 6.45) is -25.6. The van der Waals surface area contributed by atoms with E-state index in [0.717, 1.165) is 0 Å². The van der Waals surface area contributed by atoms with Crippen molar-refractivity contribution in [2.75, 3.05) is 0 Å². The number of ether oxygens (including phenoxy) is 2. The Bertz CT molecular complexity index is 618. The minimum absolute atomic E-state index is 0.217. The Balaban J connectivity index is 6.77. The van der Waals surface area contributed by atoms with E-state index in [-0.39, 0.29) is 27.7 Å². The van der Waals surface area contributed by atoms with Crippen molar-refractivity contribution in [3.63, 3.8) is 0 Å². The third-order valence-electron chi connectivity index (χ3n) is 4.03. The molecule has 0 saturated heterocycles. The Morgan fingerprint density at radius 3 is 1.03 bits per heavy atom. The van der Waals surface area contributed by atoms with Gasteiger partial charge in [-0.05, 0) is 13.8 Å². The number of hydrogen-bond acceptors (Lipinski definition) is 4. The predicted molar refractivity (Wildman–Crippen MR) is 76.8 cm³/mol. The number of esters is 2. The minimum atomic E-state index is -6.35. The van der Waals surface area contributed by atoms with Gasteiger partial charge in [-0.3, -0.25) is 9.59 Å². The van der Waals surface area contributed by atoms with Crippen LogP contribution in [-0.4, -0.2) is 59.7 Å². The Labute approximate surface area is 166 Å². The van der Waals surface area contributed by atoms with Crippen LogP contribution >= 0.6 is 0 Å². The van der Waals surface area contributed by atoms with E-state index in [0.29, 0.717) is 0 Å². The van der Waals surface area contributed by atoms with Crippen molar-refractivity contribution >= 4 is 11.9 Å². The molecule has 0 saturated carbocycles. The van der Waals surface area contributed by atoms with E-state index in [1.165, 1.54) is 0 Å². The van der Waals surface area contributed by atoms with E-state index >= 15 is 0 Å². The highest BCUT2D eigenvalue weighted by Gasteiger charge is 2.74. The molecule has 0 heterocycles. The van der Waals surface area contributed by atoms with Crippen LogP contribution in [0.2, 0.25) is 0 Å². The first-order chi connectivity index (χ1) is 13.3. The van der Waals surface area contributed by atoms with Crippen molar-refractivity contribution in [2.45, 2.75) is 81.9 Å². The van der Waals surface area contributed by atoms with Gasteiger partial charge in [0, 0.05) is 20.3 Å². The topological polar surface area (TPSA) is 52.6 Å². The summed E-state index contributed by atoms with van der Waals surface area (Å²) in [5.74, 6) is -15.6. The van der Waals surface area contributed by atoms with Gasteiger partial charge in [-0.2, -0.15) is 43.9 Å². The van der Waals surface area contributed by atoms with Crippen LogP contribution in [0.5, 0.6) is 0 Å². The summed E-state index contributed by atoms with van der Waals surface area (Å²) in [6.45, 7) is 0.130. The maximum absolute atomic E-state index is 14.3. The Morgan fingerprint density at radius 1 is 0.645 bits per heavy atom. The van der Waals surface area contributed by atoms with Gasteiger partial charge in [-0.1, -0.05) is 0 Å². The van der Waals surface area contributed by atoms with Crippen LogP contribution in [0.1, 0.15) is 34.1 Å². The largest absolute Gasteiger partial charge is 0.453 e. The molecule has 0 aromatic heterocycles. The summed E-state index contributed by atoms with van der Waals surface area (Å²) in [5.41, 5.74) is -8.57. The molecule has 0 aromatic carbocycles. The number of halogens is 12. The Kier molecular flexibility index (Phi) is 8.04. The number of carbonyl (C=O) groups is 2. The molecular formula is C15H16F12O4. The van der Waals surface area contributed by atoms with Gasteiger partial charge in [0.05, 0.1) is 0 Å². The zero-order valence-corrected chi connectivity index (χ0v) is 16.0. The molecule has 0 amide bonds. The van der Waals surface area contributed by atoms with Crippen LogP contribution in [0, 0.1) is 0 Å². The fourth-order valence-corrected chi connectivity index (χ4v) is 2.67. The van der Waals surface area contributed by atoms with Gasteiger partial charge in [-0.15, -0.1) is 0 Å². The zero-order valence-electron chi connectivity index (χ0n) is 16.0. The van der Waals surface area contributed by atoms with Crippen LogP contribution < -0.4 is 0 Å². The van der Waals surface area contributed by atoms with Gasteiger partial charge in [0.2, 0.25) is 0 Å². The SMILES string of the molecule is CC(=O)OC(C)(CC(C)(OC(C)=O)C(F)(F)C(F)C(F)(F)F)C(F)(F)C(F)C(F)(F)F. The second-order valence-corrected chi connectivity index (χ2v) is 6.88. The molecule has 0 aliphatic carbocycles. The van der Waals surface area contributed by atoms with Gasteiger partial charge in [0.1, 0.15) is 0 Å². The number of alkyl halides is 12. The van der Waals surface area contributed by atoms with Gasteiger partial charge in [-0.25, -0.2) is 8.78 Å². The van der Waals surface area contributed by atoms with Crippen molar-refractivity contribution in [3.8, 4) is 0 Å². The molecule has 0 spiro atoms. The normalized spacial score (nSPS) is 19.6. The number of rotatable bonds is 8. The molecule has 0 aliphatic rings. The Morgan fingerprint density at radius 2 is 0.871 bits per heavy atom. The predicted octanol–water partition coefficient (Wildman–Crippen LogP) is 5.09. The van der Waals surface area contributed by atoms with Crippen LogP contribution in [0.3, 0.4) is 0 Å². The molecule has 31 heavy (non-hydrogen) atoms. The maximum Gasteiger partial charge on any atom is 0.425 e. The second-order valence-electron chi connectivity index (χ2n) is 6.88. The lowest BCUT2D eigenvalue weighted by atomic mass is 9.78. The Hall–Kier alpha value is -1.90. The van der Waals surface area contributed by atoms with Gasteiger partial charge in [0.25, 0.3) is 12.3 Å². The molecule has 0 fully saturated rings. The minimum Gasteiger partial charge on any atom is -0.453 e. The average Bonchev–Trinajstić information content (AvgIpc) is 2.49. The molecule has 0 bridgehead atoms. The lowest BCUT2D eigenvalue weighted by Crippen LogP contribution is -2.66. The fraction of sp³-hybridized carbons (Fsp3) is 0.867. The number of carbonyl (C=O) groups excluding carboxylic acids is 2. The fourth-order valence-electron chi connectivity index (χ4n) is 2.67. The first-order valence-electron chi connectivity index (χ1n) is 7.91. The zero-order chi connectivity index (χ0) is 25.4. The molecule has 0 aliphatic heterocycles. The summed E-state index contributed by atoms with van der Waals surface area (Å²) in [5, 5.41) is 0. The smallest absolute Gasteiger partial charge is 0.425 e. The molecule has 184 valence electrons. The molecular weight excluding hydrogens is 472 g/mol. The second kappa shape index (κ2) is 8.56. The molecule has 4 nitrogen and oxygen atoms in total. The first-order valence-corrected chi connectivity index (χ1v) is 7.91. The summed E-state index contributed by atoms with van der Waals surface area (Å²) in [4.78, 5) is 22.2. The number of hydrogen-bond donors (Lipinski definition) is 0. The lowest BCUT2D eigenvalue weighted by molar-refractivity contribution is -0.324. The maximum atomic E-state index is 14.3. The molecule has 0 N–H and O–H groups in total. The standard InChI is InChI=1S/C15H16F12O4/c1-6(28)30-10(3,12(18,19)8(16)14(22,23)24)5-11(4,31-7(2)29)13(20,21)9(17)15(25,26)27/h8-9H,5H2,1-4H3. The van der Waals surface area contributed by atoms with Crippen molar-refractivity contribution in [1.82, 2.24) is 0 Å². The molecule has 4 unspecified atom stereocenters. The molecule has 0 aromatic rings. The summed E-state index contributed by atoms with van der Waals surface area (Å²) < 4.78 is 167. The van der Waals surface area contributed by atoms with Crippen molar-refractivity contribution < 1.29 is 71.7 Å². The van der Waals surface area contributed by atoms with E-state index in [1.54, 1.807) is 0 Å². The third kappa shape index (κ3) is 6.08. The van der Waals surface area contributed by atoms with E-state index in [2.05, 4.69) is 9.47 Å². The van der Waals surface area contributed by atoms with E-state index in [4.69, 9.17) is 0 Å². The summed E-state index contributed by atoms with van der Waals surface area (Å²) in [7, 11) is 0. The van der Waals surface area contributed by atoms with E-state index in [1.807, 2.05) is 0 Å². The molecule has 0 rings (SSSR count). The van der Waals surface area contributed by atoms with Crippen molar-refractivity contribution in [1.29, 1.82) is 0 Å². The van der Waals surface area contributed by atoms with Gasteiger partial charge < -0.3 is 9.47 Å². The monoisotopic (exact) mass is 488 g/mol. The highest BCUT2D eigenvalue weighted by Crippen LogP contribution is 2.52. The van der Waals surface area contributed by atoms with Crippen LogP contribution in [0.25, 0.3) is 0 Å². The molecule has 16 heteroatoms. The summed E-state index contributed by atoms with van der Waals surface area (Å²) in [6, 6.07) is 0. The average molecular weight is 488 g/mol. The summed E-state index contributed by atoms with van der Waals surface area (Å²) >= 11 is 0. The van der Waals surface area contributed by atoms with Crippen LogP contribution in [0.15, 0.2) is 0 Å². The van der Waals surface area contributed by atoms with E-state index in [9.17, 15) is 62.3 Å². The highest BCUT2D eigenvalue weighted by atomic mass is 19.4.